The molecule has 16 heavy (non-hydrogen) atoms. The molecule has 86 valence electrons. The Morgan fingerprint density at radius 1 is 1.31 bits per heavy atom. The molecule has 1 rings (SSSR count). The number of nitrogens with two attached hydrogens (primary N) is 3. The molecule has 1 aromatic rings. The van der Waals surface area contributed by atoms with Crippen LogP contribution in [0.25, 0.3) is 5.70 Å². The van der Waals surface area contributed by atoms with Crippen molar-refractivity contribution in [3.05, 3.63) is 41.6 Å². The van der Waals surface area contributed by atoms with Gasteiger partial charge in [-0.15, -0.1) is 0 Å². The fourth-order valence-electron chi connectivity index (χ4n) is 1.22. The summed E-state index contributed by atoms with van der Waals surface area (Å²) in [4.78, 5) is 10.6. The molecule has 0 unspecified atom stereocenters. The second-order valence-electron chi connectivity index (χ2n) is 3.59. The highest BCUT2D eigenvalue weighted by Gasteiger charge is 2.01. The second kappa shape index (κ2) is 5.18. The van der Waals surface area contributed by atoms with E-state index in [1.165, 1.54) is 6.20 Å². The molecule has 1 aromatic carbocycles. The largest absolute Gasteiger partial charge is 0.397 e. The average Bonchev–Trinajstić information content (AvgIpc) is 2.16. The summed E-state index contributed by atoms with van der Waals surface area (Å²) in [5, 5.41) is 1.16. The van der Waals surface area contributed by atoms with Crippen LogP contribution in [0.1, 0.15) is 11.1 Å². The smallest absolute Gasteiger partial charge is 0.238 e. The molecular formula is C11H16N4O. The fourth-order valence-corrected chi connectivity index (χ4v) is 1.22. The van der Waals surface area contributed by atoms with Crippen molar-refractivity contribution in [3.63, 3.8) is 0 Å². The Morgan fingerprint density at radius 3 is 2.38 bits per heavy atom. The molecule has 0 heterocycles. The van der Waals surface area contributed by atoms with Crippen LogP contribution in [0.3, 0.4) is 0 Å². The number of carbonyl (C=O) groups is 1. The van der Waals surface area contributed by atoms with E-state index in [1.807, 2.05) is 31.2 Å². The SMILES string of the molecule is Cc1ccc(/C(N)=C/N(N)CC(N)=O)cc1. The third-order valence-electron chi connectivity index (χ3n) is 2.03. The van der Waals surface area contributed by atoms with Gasteiger partial charge in [0.25, 0.3) is 0 Å². The van der Waals surface area contributed by atoms with E-state index in [2.05, 4.69) is 0 Å². The third-order valence-corrected chi connectivity index (χ3v) is 2.03. The van der Waals surface area contributed by atoms with Gasteiger partial charge in [-0.3, -0.25) is 4.79 Å². The van der Waals surface area contributed by atoms with Gasteiger partial charge in [-0.25, -0.2) is 5.84 Å². The Bertz CT molecular complexity index is 397. The van der Waals surface area contributed by atoms with Crippen molar-refractivity contribution in [2.24, 2.45) is 17.3 Å². The van der Waals surface area contributed by atoms with Gasteiger partial charge in [-0.2, -0.15) is 0 Å². The van der Waals surface area contributed by atoms with Crippen molar-refractivity contribution in [2.75, 3.05) is 6.54 Å². The number of nitrogens with zero attached hydrogens (tertiary/aromatic N) is 1. The van der Waals surface area contributed by atoms with Crippen molar-refractivity contribution >= 4 is 11.6 Å². The zero-order valence-electron chi connectivity index (χ0n) is 9.18. The summed E-state index contributed by atoms with van der Waals surface area (Å²) in [5.74, 6) is 5.01. The van der Waals surface area contributed by atoms with Crippen molar-refractivity contribution < 1.29 is 4.79 Å². The molecule has 0 aromatic heterocycles. The molecule has 0 aliphatic heterocycles. The quantitative estimate of drug-likeness (QED) is 0.488. The lowest BCUT2D eigenvalue weighted by Crippen LogP contribution is -2.35. The molecule has 0 saturated heterocycles. The lowest BCUT2D eigenvalue weighted by Gasteiger charge is -2.12. The molecule has 0 spiro atoms. The normalized spacial score (nSPS) is 11.2. The van der Waals surface area contributed by atoms with E-state index in [0.29, 0.717) is 5.70 Å². The molecular weight excluding hydrogens is 204 g/mol. The number of hydrogen-bond acceptors (Lipinski definition) is 4. The zero-order chi connectivity index (χ0) is 12.1. The summed E-state index contributed by atoms with van der Waals surface area (Å²) in [6.45, 7) is 1.93. The van der Waals surface area contributed by atoms with Gasteiger partial charge in [0.05, 0.1) is 5.70 Å². The van der Waals surface area contributed by atoms with Gasteiger partial charge in [0.1, 0.15) is 6.54 Å². The first kappa shape index (κ1) is 12.1. The minimum atomic E-state index is -0.504. The number of carbonyl (C=O) groups excluding carboxylic acids is 1. The molecule has 0 saturated carbocycles. The van der Waals surface area contributed by atoms with Crippen molar-refractivity contribution in [1.82, 2.24) is 5.01 Å². The molecule has 6 N–H and O–H groups in total. The minimum Gasteiger partial charge on any atom is -0.397 e. The maximum Gasteiger partial charge on any atom is 0.238 e. The van der Waals surface area contributed by atoms with Crippen LogP contribution in [-0.2, 0) is 4.79 Å². The first-order chi connectivity index (χ1) is 7.49. The summed E-state index contributed by atoms with van der Waals surface area (Å²) in [5.41, 5.74) is 13.3. The number of hydrazine groups is 1. The minimum absolute atomic E-state index is 0.0629. The predicted molar refractivity (Wildman–Crippen MR) is 63.4 cm³/mol. The molecule has 5 heteroatoms. The van der Waals surface area contributed by atoms with E-state index in [4.69, 9.17) is 17.3 Å². The van der Waals surface area contributed by atoms with Gasteiger partial charge in [0.15, 0.2) is 0 Å². The Labute approximate surface area is 94.5 Å². The Balaban J connectivity index is 2.76. The van der Waals surface area contributed by atoms with Gasteiger partial charge in [0.2, 0.25) is 5.91 Å². The van der Waals surface area contributed by atoms with Gasteiger partial charge in [-0.1, -0.05) is 29.8 Å². The number of rotatable bonds is 4. The van der Waals surface area contributed by atoms with Gasteiger partial charge in [0, 0.05) is 6.20 Å². The highest BCUT2D eigenvalue weighted by atomic mass is 16.1. The van der Waals surface area contributed by atoms with Crippen LogP contribution in [0.4, 0.5) is 0 Å². The Morgan fingerprint density at radius 2 is 1.88 bits per heavy atom. The monoisotopic (exact) mass is 220 g/mol. The number of hydrogen-bond donors (Lipinski definition) is 3. The van der Waals surface area contributed by atoms with Gasteiger partial charge >= 0.3 is 0 Å². The molecule has 0 radical (unpaired) electrons. The van der Waals surface area contributed by atoms with E-state index >= 15 is 0 Å². The summed E-state index contributed by atoms with van der Waals surface area (Å²) in [7, 11) is 0. The molecule has 1 amide bonds. The van der Waals surface area contributed by atoms with E-state index in [9.17, 15) is 4.79 Å². The number of amides is 1. The second-order valence-corrected chi connectivity index (χ2v) is 3.59. The van der Waals surface area contributed by atoms with Crippen LogP contribution in [0.5, 0.6) is 0 Å². The first-order valence-electron chi connectivity index (χ1n) is 4.83. The lowest BCUT2D eigenvalue weighted by atomic mass is 10.1. The van der Waals surface area contributed by atoms with Crippen LogP contribution >= 0.6 is 0 Å². The first-order valence-corrected chi connectivity index (χ1v) is 4.83. The van der Waals surface area contributed by atoms with Crippen LogP contribution in [0.15, 0.2) is 30.5 Å². The van der Waals surface area contributed by atoms with Crippen LogP contribution < -0.4 is 17.3 Å². The maximum absolute atomic E-state index is 10.6. The summed E-state index contributed by atoms with van der Waals surface area (Å²) in [6.07, 6.45) is 1.48. The third kappa shape index (κ3) is 3.62. The van der Waals surface area contributed by atoms with E-state index in [0.717, 1.165) is 16.1 Å². The highest BCUT2D eigenvalue weighted by Crippen LogP contribution is 2.10. The molecule has 0 bridgehead atoms. The average molecular weight is 220 g/mol. The number of aryl methyl sites for hydroxylation is 1. The van der Waals surface area contributed by atoms with Gasteiger partial charge in [-0.05, 0) is 12.5 Å². The van der Waals surface area contributed by atoms with E-state index in [-0.39, 0.29) is 6.54 Å². The fraction of sp³-hybridized carbons (Fsp3) is 0.182. The van der Waals surface area contributed by atoms with Crippen LogP contribution in [-0.4, -0.2) is 17.5 Å². The molecule has 0 aliphatic carbocycles. The molecule has 0 fully saturated rings. The van der Waals surface area contributed by atoms with Crippen molar-refractivity contribution in [2.45, 2.75) is 6.92 Å². The van der Waals surface area contributed by atoms with E-state index < -0.39 is 5.91 Å². The molecule has 0 aliphatic rings. The van der Waals surface area contributed by atoms with Gasteiger partial charge < -0.3 is 16.5 Å². The topological polar surface area (TPSA) is 98.4 Å². The highest BCUT2D eigenvalue weighted by molar-refractivity contribution is 5.76. The van der Waals surface area contributed by atoms with Crippen molar-refractivity contribution in [1.29, 1.82) is 0 Å². The van der Waals surface area contributed by atoms with Crippen molar-refractivity contribution in [3.8, 4) is 0 Å². The summed E-state index contributed by atoms with van der Waals surface area (Å²) < 4.78 is 0. The lowest BCUT2D eigenvalue weighted by molar-refractivity contribution is -0.118. The van der Waals surface area contributed by atoms with E-state index in [1.54, 1.807) is 0 Å². The number of benzene rings is 1. The molecule has 5 nitrogen and oxygen atoms in total. The standard InChI is InChI=1S/C11H16N4O/c1-8-2-4-9(5-3-8)10(12)6-15(14)7-11(13)16/h2-6H,7,12,14H2,1H3,(H2,13,16)/b10-6-. The Hall–Kier alpha value is -2.01. The summed E-state index contributed by atoms with van der Waals surface area (Å²) >= 11 is 0. The number of primary amides is 1. The predicted octanol–water partition coefficient (Wildman–Crippen LogP) is -0.0869. The van der Waals surface area contributed by atoms with Crippen LogP contribution in [0, 0.1) is 6.92 Å². The molecule has 0 atom stereocenters. The zero-order valence-corrected chi connectivity index (χ0v) is 9.18. The van der Waals surface area contributed by atoms with Crippen LogP contribution in [0.2, 0.25) is 0 Å². The Kier molecular flexibility index (Phi) is 3.90. The maximum atomic E-state index is 10.6. The summed E-state index contributed by atoms with van der Waals surface area (Å²) in [6, 6.07) is 7.68.